The minimum absolute atomic E-state index is 0.131. The molecule has 0 atom stereocenters. The number of carbonyl (C=O) groups is 1. The molecule has 0 radical (unpaired) electrons. The quantitative estimate of drug-likeness (QED) is 0.154. The van der Waals surface area contributed by atoms with Crippen LogP contribution in [-0.2, 0) is 15.6 Å². The summed E-state index contributed by atoms with van der Waals surface area (Å²) in [4.78, 5) is 12.0. The molecule has 3 nitrogen and oxygen atoms in total. The molecular weight excluding hydrogens is 420 g/mol. The van der Waals surface area contributed by atoms with E-state index in [1.807, 2.05) is 12.1 Å². The molecule has 1 aliphatic rings. The number of esters is 1. The van der Waals surface area contributed by atoms with Crippen LogP contribution in [0.5, 0.6) is 11.5 Å². The van der Waals surface area contributed by atoms with Gasteiger partial charge in [0.2, 0.25) is 0 Å². The molecule has 184 valence electrons. The predicted octanol–water partition coefficient (Wildman–Crippen LogP) is 8.45. The van der Waals surface area contributed by atoms with Crippen LogP contribution in [0.2, 0.25) is 0 Å². The maximum atomic E-state index is 12.0. The van der Waals surface area contributed by atoms with Crippen LogP contribution in [0.25, 0.3) is 11.1 Å². The standard InChI is InChI=1S/C31H42O3/c1-8-10-11-12-13-18-33-27-15-14-23(20-28(27)34-29(32)9-2)24-21-26-25(19-22(24)3)30(4,5)16-17-31(26,6)7/h9,14-15,19-21H,2,8,10-13,16-18H2,1,3-7H3. The van der Waals surface area contributed by atoms with Crippen LogP contribution in [-0.4, -0.2) is 12.6 Å². The minimum atomic E-state index is -0.477. The lowest BCUT2D eigenvalue weighted by Crippen LogP contribution is -2.34. The van der Waals surface area contributed by atoms with Gasteiger partial charge in [0.25, 0.3) is 0 Å². The van der Waals surface area contributed by atoms with Gasteiger partial charge >= 0.3 is 5.97 Å². The molecule has 0 unspecified atom stereocenters. The molecule has 0 amide bonds. The van der Waals surface area contributed by atoms with Crippen molar-refractivity contribution < 1.29 is 14.3 Å². The highest BCUT2D eigenvalue weighted by Gasteiger charge is 2.37. The summed E-state index contributed by atoms with van der Waals surface area (Å²) in [5.74, 6) is 0.578. The summed E-state index contributed by atoms with van der Waals surface area (Å²) >= 11 is 0. The zero-order valence-corrected chi connectivity index (χ0v) is 22.1. The van der Waals surface area contributed by atoms with Gasteiger partial charge < -0.3 is 9.47 Å². The molecule has 3 heteroatoms. The molecule has 0 aliphatic heterocycles. The average molecular weight is 463 g/mol. The number of rotatable bonds is 10. The van der Waals surface area contributed by atoms with Gasteiger partial charge in [0.15, 0.2) is 11.5 Å². The highest BCUT2D eigenvalue weighted by Crippen LogP contribution is 2.48. The molecule has 0 fully saturated rings. The molecule has 0 saturated carbocycles. The first-order valence-corrected chi connectivity index (χ1v) is 12.9. The number of aryl methyl sites for hydroxylation is 1. The van der Waals surface area contributed by atoms with Gasteiger partial charge in [-0.3, -0.25) is 0 Å². The summed E-state index contributed by atoms with van der Waals surface area (Å²) in [6, 6.07) is 10.7. The van der Waals surface area contributed by atoms with Crippen molar-refractivity contribution in [2.45, 2.75) is 97.3 Å². The summed E-state index contributed by atoms with van der Waals surface area (Å²) in [7, 11) is 0. The fourth-order valence-electron chi connectivity index (χ4n) is 4.95. The number of hydrogen-bond acceptors (Lipinski definition) is 3. The van der Waals surface area contributed by atoms with Gasteiger partial charge in [-0.05, 0) is 77.0 Å². The second-order valence-electron chi connectivity index (χ2n) is 11.0. The van der Waals surface area contributed by atoms with Gasteiger partial charge in [0.1, 0.15) is 0 Å². The zero-order chi connectivity index (χ0) is 24.9. The van der Waals surface area contributed by atoms with Crippen molar-refractivity contribution in [2.75, 3.05) is 6.61 Å². The Hall–Kier alpha value is -2.55. The maximum absolute atomic E-state index is 12.0. The van der Waals surface area contributed by atoms with Gasteiger partial charge in [-0.25, -0.2) is 4.79 Å². The fraction of sp³-hybridized carbons (Fsp3) is 0.516. The van der Waals surface area contributed by atoms with Crippen LogP contribution < -0.4 is 9.47 Å². The number of hydrogen-bond donors (Lipinski definition) is 0. The third kappa shape index (κ3) is 5.92. The third-order valence-electron chi connectivity index (χ3n) is 7.34. The lowest BCUT2D eigenvalue weighted by Gasteiger charge is -2.42. The first-order chi connectivity index (χ1) is 16.1. The number of fused-ring (bicyclic) bond motifs is 1. The number of unbranched alkanes of at least 4 members (excludes halogenated alkanes) is 4. The van der Waals surface area contributed by atoms with Crippen LogP contribution in [0, 0.1) is 6.92 Å². The summed E-state index contributed by atoms with van der Waals surface area (Å²) in [5.41, 5.74) is 6.61. The van der Waals surface area contributed by atoms with Gasteiger partial charge in [-0.15, -0.1) is 0 Å². The molecular formula is C31H42O3. The largest absolute Gasteiger partial charge is 0.490 e. The summed E-state index contributed by atoms with van der Waals surface area (Å²) < 4.78 is 11.6. The third-order valence-corrected chi connectivity index (χ3v) is 7.34. The lowest BCUT2D eigenvalue weighted by atomic mass is 9.62. The molecule has 3 rings (SSSR count). The second kappa shape index (κ2) is 10.8. The Balaban J connectivity index is 1.94. The monoisotopic (exact) mass is 462 g/mol. The number of benzene rings is 2. The van der Waals surface area contributed by atoms with E-state index < -0.39 is 5.97 Å². The lowest BCUT2D eigenvalue weighted by molar-refractivity contribution is -0.129. The Morgan fingerprint density at radius 1 is 0.941 bits per heavy atom. The summed E-state index contributed by atoms with van der Waals surface area (Å²) in [6.45, 7) is 17.9. The minimum Gasteiger partial charge on any atom is -0.490 e. The molecule has 0 heterocycles. The van der Waals surface area contributed by atoms with Crippen molar-refractivity contribution in [3.05, 3.63) is 59.7 Å². The Kier molecular flexibility index (Phi) is 8.28. The van der Waals surface area contributed by atoms with Crippen LogP contribution >= 0.6 is 0 Å². The van der Waals surface area contributed by atoms with Gasteiger partial charge in [0, 0.05) is 6.08 Å². The molecule has 2 aromatic carbocycles. The fourth-order valence-corrected chi connectivity index (χ4v) is 4.95. The van der Waals surface area contributed by atoms with Gasteiger partial charge in [0.05, 0.1) is 6.61 Å². The topological polar surface area (TPSA) is 35.5 Å². The first kappa shape index (κ1) is 26.1. The Morgan fingerprint density at radius 3 is 2.24 bits per heavy atom. The predicted molar refractivity (Wildman–Crippen MR) is 142 cm³/mol. The Morgan fingerprint density at radius 2 is 1.59 bits per heavy atom. The van der Waals surface area contributed by atoms with Gasteiger partial charge in [-0.2, -0.15) is 0 Å². The van der Waals surface area contributed by atoms with E-state index in [4.69, 9.17) is 9.47 Å². The molecule has 0 saturated heterocycles. The zero-order valence-electron chi connectivity index (χ0n) is 22.1. The molecule has 0 aromatic heterocycles. The molecule has 0 N–H and O–H groups in total. The van der Waals surface area contributed by atoms with E-state index in [9.17, 15) is 4.79 Å². The second-order valence-corrected chi connectivity index (χ2v) is 11.0. The van der Waals surface area contributed by atoms with Crippen molar-refractivity contribution in [2.24, 2.45) is 0 Å². The Bertz CT molecular complexity index is 1030. The van der Waals surface area contributed by atoms with E-state index in [-0.39, 0.29) is 10.8 Å². The van der Waals surface area contributed by atoms with E-state index in [1.54, 1.807) is 0 Å². The van der Waals surface area contributed by atoms with E-state index in [0.717, 1.165) is 18.4 Å². The normalized spacial score (nSPS) is 15.9. The SMILES string of the molecule is C=CC(=O)Oc1cc(-c2cc3c(cc2C)C(C)(C)CCC3(C)C)ccc1OCCCCCCC. The average Bonchev–Trinajstić information content (AvgIpc) is 2.79. The van der Waals surface area contributed by atoms with E-state index >= 15 is 0 Å². The van der Waals surface area contributed by atoms with E-state index in [1.165, 1.54) is 60.4 Å². The number of ether oxygens (including phenoxy) is 2. The molecule has 0 spiro atoms. The molecule has 0 bridgehead atoms. The van der Waals surface area contributed by atoms with Crippen LogP contribution in [0.4, 0.5) is 0 Å². The highest BCUT2D eigenvalue weighted by atomic mass is 16.6. The van der Waals surface area contributed by atoms with Crippen molar-refractivity contribution in [1.82, 2.24) is 0 Å². The van der Waals surface area contributed by atoms with Crippen LogP contribution in [0.1, 0.15) is 96.3 Å². The van der Waals surface area contributed by atoms with Crippen molar-refractivity contribution >= 4 is 5.97 Å². The van der Waals surface area contributed by atoms with Crippen LogP contribution in [0.15, 0.2) is 43.0 Å². The maximum Gasteiger partial charge on any atom is 0.335 e. The van der Waals surface area contributed by atoms with Gasteiger partial charge in [-0.1, -0.05) is 85.1 Å². The molecule has 1 aliphatic carbocycles. The van der Waals surface area contributed by atoms with E-state index in [2.05, 4.69) is 66.3 Å². The summed E-state index contributed by atoms with van der Waals surface area (Å²) in [6.07, 6.45) is 9.39. The van der Waals surface area contributed by atoms with E-state index in [0.29, 0.717) is 18.1 Å². The van der Waals surface area contributed by atoms with Crippen molar-refractivity contribution in [3.63, 3.8) is 0 Å². The smallest absolute Gasteiger partial charge is 0.335 e. The Labute approximate surface area is 206 Å². The van der Waals surface area contributed by atoms with Crippen molar-refractivity contribution in [3.8, 4) is 22.6 Å². The summed E-state index contributed by atoms with van der Waals surface area (Å²) in [5, 5.41) is 0. The van der Waals surface area contributed by atoms with Crippen LogP contribution in [0.3, 0.4) is 0 Å². The molecule has 2 aromatic rings. The molecule has 34 heavy (non-hydrogen) atoms. The first-order valence-electron chi connectivity index (χ1n) is 12.9. The van der Waals surface area contributed by atoms with Crippen molar-refractivity contribution in [1.29, 1.82) is 0 Å². The highest BCUT2D eigenvalue weighted by molar-refractivity contribution is 5.84. The number of carbonyl (C=O) groups excluding carboxylic acids is 1.